The first-order chi connectivity index (χ1) is 9.56. The van der Waals surface area contributed by atoms with Gasteiger partial charge in [0.05, 0.1) is 4.88 Å². The molecule has 1 heterocycles. The predicted octanol–water partition coefficient (Wildman–Crippen LogP) is 4.95. The molecule has 0 aliphatic carbocycles. The number of aliphatic carboxylic acids is 1. The highest BCUT2D eigenvalue weighted by Gasteiger charge is 2.04. The van der Waals surface area contributed by atoms with E-state index in [0.29, 0.717) is 12.4 Å². The summed E-state index contributed by atoms with van der Waals surface area (Å²) in [4.78, 5) is 11.7. The molecule has 0 aliphatic rings. The summed E-state index contributed by atoms with van der Waals surface area (Å²) in [7, 11) is 0. The molecule has 0 spiro atoms. The maximum absolute atomic E-state index is 10.6. The standard InChI is InChI=1S/C14H10Br2O3S/c15-11-3-2-10(7-9(11)1-4-14(17)18)19-8-13-12(16)5-6-20-13/h1-7H,8H2,(H,17,18)/b4-1+. The fourth-order valence-corrected chi connectivity index (χ4v) is 3.23. The van der Waals surface area contributed by atoms with Gasteiger partial charge in [-0.1, -0.05) is 15.9 Å². The molecule has 0 aliphatic heterocycles. The molecule has 6 heteroatoms. The van der Waals surface area contributed by atoms with E-state index in [1.54, 1.807) is 17.4 Å². The number of carbonyl (C=O) groups is 1. The minimum absolute atomic E-state index is 0.474. The Morgan fingerprint density at radius 1 is 1.30 bits per heavy atom. The molecule has 20 heavy (non-hydrogen) atoms. The van der Waals surface area contributed by atoms with E-state index in [4.69, 9.17) is 9.84 Å². The van der Waals surface area contributed by atoms with Gasteiger partial charge in [-0.25, -0.2) is 4.79 Å². The number of benzene rings is 1. The van der Waals surface area contributed by atoms with Gasteiger partial charge in [-0.2, -0.15) is 0 Å². The zero-order valence-electron chi connectivity index (χ0n) is 10.2. The zero-order valence-corrected chi connectivity index (χ0v) is 14.2. The van der Waals surface area contributed by atoms with Crippen LogP contribution in [-0.4, -0.2) is 11.1 Å². The molecule has 1 aromatic carbocycles. The van der Waals surface area contributed by atoms with Gasteiger partial charge in [0.1, 0.15) is 12.4 Å². The number of carboxylic acid groups (broad SMARTS) is 1. The van der Waals surface area contributed by atoms with Gasteiger partial charge in [0.25, 0.3) is 0 Å². The lowest BCUT2D eigenvalue weighted by molar-refractivity contribution is -0.131. The Morgan fingerprint density at radius 3 is 2.75 bits per heavy atom. The molecular weight excluding hydrogens is 408 g/mol. The number of rotatable bonds is 5. The van der Waals surface area contributed by atoms with Gasteiger partial charge in [0, 0.05) is 15.0 Å². The Morgan fingerprint density at radius 2 is 2.10 bits per heavy atom. The summed E-state index contributed by atoms with van der Waals surface area (Å²) in [6.07, 6.45) is 2.63. The van der Waals surface area contributed by atoms with E-state index >= 15 is 0 Å². The molecular formula is C14H10Br2O3S. The molecule has 0 unspecified atom stereocenters. The lowest BCUT2D eigenvalue weighted by atomic mass is 10.2. The Bertz CT molecular complexity index is 650. The van der Waals surface area contributed by atoms with E-state index in [-0.39, 0.29) is 0 Å². The van der Waals surface area contributed by atoms with Crippen molar-refractivity contribution in [3.05, 3.63) is 55.1 Å². The smallest absolute Gasteiger partial charge is 0.328 e. The van der Waals surface area contributed by atoms with Crippen molar-refractivity contribution in [3.63, 3.8) is 0 Å². The van der Waals surface area contributed by atoms with E-state index in [0.717, 1.165) is 25.5 Å². The van der Waals surface area contributed by atoms with Gasteiger partial charge in [-0.15, -0.1) is 11.3 Å². The largest absolute Gasteiger partial charge is 0.488 e. The molecule has 0 amide bonds. The van der Waals surface area contributed by atoms with E-state index in [1.165, 1.54) is 6.08 Å². The van der Waals surface area contributed by atoms with E-state index in [1.807, 2.05) is 23.6 Å². The van der Waals surface area contributed by atoms with E-state index in [9.17, 15) is 4.79 Å². The highest BCUT2D eigenvalue weighted by atomic mass is 79.9. The van der Waals surface area contributed by atoms with Gasteiger partial charge in [-0.3, -0.25) is 0 Å². The maximum Gasteiger partial charge on any atom is 0.328 e. The zero-order chi connectivity index (χ0) is 14.5. The number of thiophene rings is 1. The van der Waals surface area contributed by atoms with Crippen molar-refractivity contribution in [2.24, 2.45) is 0 Å². The summed E-state index contributed by atoms with van der Waals surface area (Å²) in [6, 6.07) is 7.45. The molecule has 0 atom stereocenters. The Labute approximate surface area is 137 Å². The van der Waals surface area contributed by atoms with Crippen LogP contribution in [0, 0.1) is 0 Å². The van der Waals surface area contributed by atoms with Crippen molar-refractivity contribution in [2.45, 2.75) is 6.61 Å². The number of halogens is 2. The minimum atomic E-state index is -0.981. The van der Waals surface area contributed by atoms with Crippen LogP contribution >= 0.6 is 43.2 Å². The van der Waals surface area contributed by atoms with Crippen molar-refractivity contribution in [2.75, 3.05) is 0 Å². The van der Waals surface area contributed by atoms with Crippen LogP contribution < -0.4 is 4.74 Å². The van der Waals surface area contributed by atoms with Crippen LogP contribution in [0.3, 0.4) is 0 Å². The van der Waals surface area contributed by atoms with Gasteiger partial charge in [0.15, 0.2) is 0 Å². The highest BCUT2D eigenvalue weighted by molar-refractivity contribution is 9.10. The fraction of sp³-hybridized carbons (Fsp3) is 0.0714. The SMILES string of the molecule is O=C(O)/C=C/c1cc(OCc2sccc2Br)ccc1Br. The molecule has 0 bridgehead atoms. The first-order valence-corrected chi connectivity index (χ1v) is 8.08. The number of hydrogen-bond donors (Lipinski definition) is 1. The topological polar surface area (TPSA) is 46.5 Å². The van der Waals surface area contributed by atoms with Gasteiger partial charge >= 0.3 is 5.97 Å². The maximum atomic E-state index is 10.6. The predicted molar refractivity (Wildman–Crippen MR) is 87.2 cm³/mol. The molecule has 3 nitrogen and oxygen atoms in total. The van der Waals surface area contributed by atoms with Crippen LogP contribution in [0.5, 0.6) is 5.75 Å². The van der Waals surface area contributed by atoms with Crippen LogP contribution in [0.2, 0.25) is 0 Å². The molecule has 2 aromatic rings. The van der Waals surface area contributed by atoms with Crippen molar-refractivity contribution in [1.29, 1.82) is 0 Å². The van der Waals surface area contributed by atoms with Gasteiger partial charge < -0.3 is 9.84 Å². The van der Waals surface area contributed by atoms with Crippen molar-refractivity contribution in [3.8, 4) is 5.75 Å². The highest BCUT2D eigenvalue weighted by Crippen LogP contribution is 2.27. The first-order valence-electron chi connectivity index (χ1n) is 5.61. The van der Waals surface area contributed by atoms with Crippen LogP contribution in [-0.2, 0) is 11.4 Å². The number of carboxylic acids is 1. The van der Waals surface area contributed by atoms with Crippen molar-refractivity contribution in [1.82, 2.24) is 0 Å². The second-order valence-corrected chi connectivity index (χ2v) is 6.54. The Balaban J connectivity index is 2.11. The van der Waals surface area contributed by atoms with Crippen LogP contribution in [0.1, 0.15) is 10.4 Å². The summed E-state index contributed by atoms with van der Waals surface area (Å²) in [5, 5.41) is 10.6. The lowest BCUT2D eigenvalue weighted by Crippen LogP contribution is -1.94. The monoisotopic (exact) mass is 416 g/mol. The molecule has 0 fully saturated rings. The summed E-state index contributed by atoms with van der Waals surface area (Å²) >= 11 is 8.45. The van der Waals surface area contributed by atoms with Crippen molar-refractivity contribution >= 4 is 55.2 Å². The van der Waals surface area contributed by atoms with E-state index < -0.39 is 5.97 Å². The third-order valence-electron chi connectivity index (χ3n) is 2.43. The molecule has 104 valence electrons. The third-order valence-corrected chi connectivity index (χ3v) is 5.06. The normalized spacial score (nSPS) is 10.9. The van der Waals surface area contributed by atoms with E-state index in [2.05, 4.69) is 31.9 Å². The molecule has 1 N–H and O–H groups in total. The van der Waals surface area contributed by atoms with Crippen LogP contribution in [0.15, 0.2) is 44.7 Å². The second-order valence-electron chi connectivity index (χ2n) is 3.84. The average Bonchev–Trinajstić information content (AvgIpc) is 2.81. The Hall–Kier alpha value is -1.11. The molecule has 0 saturated carbocycles. The van der Waals surface area contributed by atoms with Crippen molar-refractivity contribution < 1.29 is 14.6 Å². The van der Waals surface area contributed by atoms with Gasteiger partial charge in [0.2, 0.25) is 0 Å². The second kappa shape index (κ2) is 7.06. The van der Waals surface area contributed by atoms with Crippen LogP contribution in [0.4, 0.5) is 0 Å². The minimum Gasteiger partial charge on any atom is -0.488 e. The third kappa shape index (κ3) is 4.19. The Kier molecular flexibility index (Phi) is 5.39. The summed E-state index contributed by atoms with van der Waals surface area (Å²) in [6.45, 7) is 0.474. The van der Waals surface area contributed by atoms with Crippen LogP contribution in [0.25, 0.3) is 6.08 Å². The average molecular weight is 418 g/mol. The molecule has 1 aromatic heterocycles. The van der Waals surface area contributed by atoms with Gasteiger partial charge in [-0.05, 0) is 57.2 Å². The summed E-state index contributed by atoms with van der Waals surface area (Å²) < 4.78 is 7.56. The molecule has 0 radical (unpaired) electrons. The summed E-state index contributed by atoms with van der Waals surface area (Å²) in [5.41, 5.74) is 0.759. The number of ether oxygens (including phenoxy) is 1. The molecule has 2 rings (SSSR count). The lowest BCUT2D eigenvalue weighted by Gasteiger charge is -2.07. The quantitative estimate of drug-likeness (QED) is 0.700. The number of hydrogen-bond acceptors (Lipinski definition) is 3. The molecule has 0 saturated heterocycles. The summed E-state index contributed by atoms with van der Waals surface area (Å²) in [5.74, 6) is -0.288. The fourth-order valence-electron chi connectivity index (χ4n) is 1.48. The first kappa shape index (κ1) is 15.3.